The number of nitrogens with zero attached hydrogens (tertiary/aromatic N) is 4. The van der Waals surface area contributed by atoms with Crippen LogP contribution in [-0.4, -0.2) is 20.2 Å². The molecule has 0 atom stereocenters. The van der Waals surface area contributed by atoms with Gasteiger partial charge < -0.3 is 5.73 Å². The fraction of sp³-hybridized carbons (Fsp3) is 0.462. The van der Waals surface area contributed by atoms with Crippen LogP contribution in [0.3, 0.4) is 0 Å². The van der Waals surface area contributed by atoms with Gasteiger partial charge in [0.1, 0.15) is 0 Å². The molecule has 2 aromatic rings. The zero-order valence-corrected chi connectivity index (χ0v) is 13.0. The number of hydrogen-bond donors (Lipinski definition) is 1. The molecule has 1 heterocycles. The number of anilines is 1. The zero-order valence-electron chi connectivity index (χ0n) is 11.5. The Morgan fingerprint density at radius 3 is 2.75 bits per heavy atom. The van der Waals surface area contributed by atoms with E-state index >= 15 is 0 Å². The van der Waals surface area contributed by atoms with Crippen LogP contribution in [0.4, 0.5) is 5.69 Å². The maximum Gasteiger partial charge on any atom is 0.183 e. The predicted molar refractivity (Wildman–Crippen MR) is 81.8 cm³/mol. The quantitative estimate of drug-likeness (QED) is 0.855. The Bertz CT molecular complexity index is 594. The number of halogens is 2. The maximum atomic E-state index is 6.22. The van der Waals surface area contributed by atoms with E-state index in [9.17, 15) is 0 Å². The van der Waals surface area contributed by atoms with Crippen molar-refractivity contribution in [3.63, 3.8) is 0 Å². The lowest BCUT2D eigenvalue weighted by atomic mass is 10.1. The number of aryl methyl sites for hydroxylation is 1. The first-order valence-corrected chi connectivity index (χ1v) is 7.25. The smallest absolute Gasteiger partial charge is 0.183 e. The van der Waals surface area contributed by atoms with E-state index in [0.29, 0.717) is 33.0 Å². The first kappa shape index (κ1) is 15.1. The maximum absolute atomic E-state index is 6.22. The average molecular weight is 314 g/mol. The van der Waals surface area contributed by atoms with Gasteiger partial charge in [-0.25, -0.2) is 4.68 Å². The van der Waals surface area contributed by atoms with Gasteiger partial charge in [-0.05, 0) is 41.3 Å². The van der Waals surface area contributed by atoms with Crippen LogP contribution in [-0.2, 0) is 6.54 Å². The number of benzene rings is 1. The van der Waals surface area contributed by atoms with Crippen molar-refractivity contribution in [1.82, 2.24) is 20.2 Å². The second kappa shape index (κ2) is 6.41. The fourth-order valence-corrected chi connectivity index (χ4v) is 2.39. The molecule has 0 aliphatic heterocycles. The lowest BCUT2D eigenvalue weighted by Crippen LogP contribution is -2.05. The summed E-state index contributed by atoms with van der Waals surface area (Å²) in [5.74, 6) is 1.24. The van der Waals surface area contributed by atoms with Crippen molar-refractivity contribution in [2.75, 3.05) is 5.73 Å². The SMILES string of the molecule is CC(C)CCCn1nnnc1-c1cc(N)cc(Cl)c1Cl. The Kier molecular flexibility index (Phi) is 4.83. The van der Waals surface area contributed by atoms with Crippen LogP contribution in [0, 0.1) is 5.92 Å². The molecule has 1 aromatic heterocycles. The Hall–Kier alpha value is -1.33. The van der Waals surface area contributed by atoms with Crippen molar-refractivity contribution in [2.24, 2.45) is 5.92 Å². The van der Waals surface area contributed by atoms with Gasteiger partial charge >= 0.3 is 0 Å². The summed E-state index contributed by atoms with van der Waals surface area (Å²) in [4.78, 5) is 0. The molecular weight excluding hydrogens is 297 g/mol. The van der Waals surface area contributed by atoms with E-state index < -0.39 is 0 Å². The Morgan fingerprint density at radius 2 is 2.05 bits per heavy atom. The summed E-state index contributed by atoms with van der Waals surface area (Å²) in [6, 6.07) is 3.35. The summed E-state index contributed by atoms with van der Waals surface area (Å²) in [6.45, 7) is 5.12. The highest BCUT2D eigenvalue weighted by molar-refractivity contribution is 6.43. The van der Waals surface area contributed by atoms with Gasteiger partial charge in [0.15, 0.2) is 5.82 Å². The Labute approximate surface area is 128 Å². The van der Waals surface area contributed by atoms with Crippen molar-refractivity contribution >= 4 is 28.9 Å². The van der Waals surface area contributed by atoms with Crippen LogP contribution in [0.1, 0.15) is 26.7 Å². The molecule has 20 heavy (non-hydrogen) atoms. The molecule has 0 unspecified atom stereocenters. The van der Waals surface area contributed by atoms with Crippen molar-refractivity contribution < 1.29 is 0 Å². The average Bonchev–Trinajstić information content (AvgIpc) is 2.81. The van der Waals surface area contributed by atoms with Crippen molar-refractivity contribution in [3.8, 4) is 11.4 Å². The van der Waals surface area contributed by atoms with Crippen LogP contribution < -0.4 is 5.73 Å². The normalized spacial score (nSPS) is 11.2. The van der Waals surface area contributed by atoms with Gasteiger partial charge in [0.2, 0.25) is 0 Å². The summed E-state index contributed by atoms with van der Waals surface area (Å²) in [5, 5.41) is 12.6. The summed E-state index contributed by atoms with van der Waals surface area (Å²) < 4.78 is 1.74. The van der Waals surface area contributed by atoms with Crippen LogP contribution in [0.25, 0.3) is 11.4 Å². The number of aromatic nitrogens is 4. The number of nitrogen functional groups attached to an aromatic ring is 1. The van der Waals surface area contributed by atoms with Gasteiger partial charge in [0.05, 0.1) is 10.0 Å². The van der Waals surface area contributed by atoms with Gasteiger partial charge in [-0.15, -0.1) is 5.10 Å². The monoisotopic (exact) mass is 313 g/mol. The third kappa shape index (κ3) is 3.41. The Morgan fingerprint density at radius 1 is 1.30 bits per heavy atom. The first-order chi connectivity index (χ1) is 9.49. The van der Waals surface area contributed by atoms with Gasteiger partial charge in [-0.2, -0.15) is 0 Å². The third-order valence-corrected chi connectivity index (χ3v) is 3.78. The topological polar surface area (TPSA) is 69.6 Å². The molecule has 0 radical (unpaired) electrons. The number of hydrogen-bond acceptors (Lipinski definition) is 4. The Balaban J connectivity index is 2.28. The molecule has 0 amide bonds. The minimum absolute atomic E-state index is 0.401. The van der Waals surface area contributed by atoms with Crippen LogP contribution >= 0.6 is 23.2 Å². The second-order valence-corrected chi connectivity index (χ2v) is 5.91. The lowest BCUT2D eigenvalue weighted by molar-refractivity contribution is 0.485. The van der Waals surface area contributed by atoms with Crippen molar-refractivity contribution in [1.29, 1.82) is 0 Å². The summed E-state index contributed by atoms with van der Waals surface area (Å²) in [6.07, 6.45) is 2.12. The van der Waals surface area contributed by atoms with E-state index in [-0.39, 0.29) is 0 Å². The minimum atomic E-state index is 0.401. The summed E-state index contributed by atoms with van der Waals surface area (Å²) in [5.41, 5.74) is 7.00. The largest absolute Gasteiger partial charge is 0.399 e. The molecule has 0 aliphatic rings. The van der Waals surface area contributed by atoms with Gasteiger partial charge in [0, 0.05) is 17.8 Å². The molecule has 5 nitrogen and oxygen atoms in total. The molecule has 1 aromatic carbocycles. The van der Waals surface area contributed by atoms with Crippen molar-refractivity contribution in [2.45, 2.75) is 33.2 Å². The third-order valence-electron chi connectivity index (χ3n) is 2.97. The highest BCUT2D eigenvalue weighted by Crippen LogP contribution is 2.34. The molecular formula is C13H17Cl2N5. The van der Waals surface area contributed by atoms with Gasteiger partial charge in [0.25, 0.3) is 0 Å². The molecule has 0 saturated carbocycles. The molecule has 108 valence electrons. The molecule has 2 N–H and O–H groups in total. The molecule has 0 spiro atoms. The van der Waals surface area contributed by atoms with E-state index in [1.54, 1.807) is 16.8 Å². The number of rotatable bonds is 5. The van der Waals surface area contributed by atoms with Gasteiger partial charge in [-0.3, -0.25) is 0 Å². The molecule has 0 saturated heterocycles. The van der Waals surface area contributed by atoms with E-state index in [1.807, 2.05) is 0 Å². The minimum Gasteiger partial charge on any atom is -0.399 e. The lowest BCUT2D eigenvalue weighted by Gasteiger charge is -2.09. The predicted octanol–water partition coefficient (Wildman–Crippen LogP) is 3.67. The summed E-state index contributed by atoms with van der Waals surface area (Å²) >= 11 is 12.3. The highest BCUT2D eigenvalue weighted by Gasteiger charge is 2.15. The van der Waals surface area contributed by atoms with Crippen LogP contribution in [0.5, 0.6) is 0 Å². The molecule has 0 bridgehead atoms. The first-order valence-electron chi connectivity index (χ1n) is 6.50. The van der Waals surface area contributed by atoms with Crippen LogP contribution in [0.15, 0.2) is 12.1 Å². The molecule has 0 aliphatic carbocycles. The second-order valence-electron chi connectivity index (χ2n) is 5.13. The molecule has 2 rings (SSSR count). The van der Waals surface area contributed by atoms with E-state index in [2.05, 4.69) is 29.4 Å². The van der Waals surface area contributed by atoms with Crippen LogP contribution in [0.2, 0.25) is 10.0 Å². The number of tetrazole rings is 1. The van der Waals surface area contributed by atoms with E-state index in [4.69, 9.17) is 28.9 Å². The number of nitrogens with two attached hydrogens (primary N) is 1. The zero-order chi connectivity index (χ0) is 14.7. The summed E-state index contributed by atoms with van der Waals surface area (Å²) in [7, 11) is 0. The van der Waals surface area contributed by atoms with Gasteiger partial charge in [-0.1, -0.05) is 37.0 Å². The molecule has 0 fully saturated rings. The molecule has 7 heteroatoms. The van der Waals surface area contributed by atoms with E-state index in [0.717, 1.165) is 19.4 Å². The van der Waals surface area contributed by atoms with Crippen molar-refractivity contribution in [3.05, 3.63) is 22.2 Å². The van der Waals surface area contributed by atoms with E-state index in [1.165, 1.54) is 0 Å². The standard InChI is InChI=1S/C13H17Cl2N5/c1-8(2)4-3-5-20-13(17-18-19-20)10-6-9(16)7-11(14)12(10)15/h6-8H,3-5,16H2,1-2H3. The fourth-order valence-electron chi connectivity index (χ4n) is 1.97. The highest BCUT2D eigenvalue weighted by atomic mass is 35.5.